The summed E-state index contributed by atoms with van der Waals surface area (Å²) in [6, 6.07) is 11.6. The molecule has 0 spiro atoms. The summed E-state index contributed by atoms with van der Waals surface area (Å²) in [5, 5.41) is 16.2. The van der Waals surface area contributed by atoms with Crippen molar-refractivity contribution in [3.8, 4) is 40.9 Å². The highest BCUT2D eigenvalue weighted by Gasteiger charge is 2.56. The van der Waals surface area contributed by atoms with Gasteiger partial charge in [-0.2, -0.15) is 0 Å². The predicted molar refractivity (Wildman–Crippen MR) is 271 cm³/mol. The number of fused-ring (bicyclic) bond motifs is 8. The van der Waals surface area contributed by atoms with Crippen LogP contribution in [0.15, 0.2) is 48.0 Å². The minimum atomic E-state index is -2.85. The molecule has 6 rings (SSSR count). The molecule has 386 valence electrons. The second-order valence-corrected chi connectivity index (χ2v) is 30.2. The molecule has 70 heavy (non-hydrogen) atoms. The second kappa shape index (κ2) is 23.6. The molecule has 18 heteroatoms. The zero-order valence-electron chi connectivity index (χ0n) is 43.4. The summed E-state index contributed by atoms with van der Waals surface area (Å²) in [5.41, 5.74) is -3.07. The molecule has 1 amide bonds. The zero-order valence-corrected chi connectivity index (χ0v) is 46.2. The van der Waals surface area contributed by atoms with E-state index in [4.69, 9.17) is 63.1 Å². The summed E-state index contributed by atoms with van der Waals surface area (Å²) in [7, 11) is -0.908. The first-order valence-corrected chi connectivity index (χ1v) is 29.7. The second-order valence-electron chi connectivity index (χ2n) is 20.4. The monoisotopic (exact) mass is 1030 g/mol. The molecule has 1 unspecified atom stereocenters. The number of methoxy groups -OCH3 is 3. The average Bonchev–Trinajstić information content (AvgIpc) is 3.66. The van der Waals surface area contributed by atoms with Crippen molar-refractivity contribution in [2.75, 3.05) is 41.5 Å². The molecule has 2 aliphatic carbocycles. The van der Waals surface area contributed by atoms with Gasteiger partial charge in [0.1, 0.15) is 36.5 Å². The summed E-state index contributed by atoms with van der Waals surface area (Å²) in [5.74, 6) is 13.4. The number of carbonyl (C=O) groups excluding carboxylic acids is 2. The van der Waals surface area contributed by atoms with Crippen LogP contribution in [0, 0.1) is 23.7 Å². The maximum atomic E-state index is 14.3. The van der Waals surface area contributed by atoms with Gasteiger partial charge in [-0.1, -0.05) is 89.0 Å². The largest absolute Gasteiger partial charge is 0.497 e. The number of rotatable bonds is 18. The van der Waals surface area contributed by atoms with Crippen LogP contribution in [0.5, 0.6) is 17.2 Å². The van der Waals surface area contributed by atoms with E-state index in [1.54, 1.807) is 59.3 Å². The predicted octanol–water partition coefficient (Wildman–Crippen LogP) is 9.40. The van der Waals surface area contributed by atoms with Gasteiger partial charge >= 0.3 is 12.1 Å². The van der Waals surface area contributed by atoms with E-state index in [1.807, 2.05) is 31.3 Å². The molecular weight excluding hydrogens is 954 g/mol. The van der Waals surface area contributed by atoms with Crippen molar-refractivity contribution in [3.05, 3.63) is 64.2 Å². The summed E-state index contributed by atoms with van der Waals surface area (Å²) in [6.07, 6.45) is -3.72. The van der Waals surface area contributed by atoms with E-state index in [2.05, 4.69) is 70.5 Å². The third kappa shape index (κ3) is 13.7. The Morgan fingerprint density at radius 3 is 2.23 bits per heavy atom. The van der Waals surface area contributed by atoms with E-state index in [1.165, 1.54) is 7.11 Å². The van der Waals surface area contributed by atoms with Gasteiger partial charge in [-0.25, -0.2) is 4.79 Å². The molecule has 4 bridgehead atoms. The lowest BCUT2D eigenvalue weighted by Gasteiger charge is -2.44. The van der Waals surface area contributed by atoms with Crippen LogP contribution in [-0.4, -0.2) is 117 Å². The van der Waals surface area contributed by atoms with Crippen LogP contribution in [0.25, 0.3) is 0 Å². The average molecular weight is 1030 g/mol. The van der Waals surface area contributed by atoms with Crippen LogP contribution < -0.4 is 19.5 Å². The maximum absolute atomic E-state index is 14.3. The lowest BCUT2D eigenvalue weighted by atomic mass is 9.88. The maximum Gasteiger partial charge on any atom is 0.408 e. The first-order valence-electron chi connectivity index (χ1n) is 23.9. The summed E-state index contributed by atoms with van der Waals surface area (Å²) < 4.78 is 69.0. The molecule has 0 fully saturated rings. The fraction of sp³-hybridized carbons (Fsp3) is 0.615. The summed E-state index contributed by atoms with van der Waals surface area (Å²) in [4.78, 5) is 27.8. The van der Waals surface area contributed by atoms with Gasteiger partial charge in [0, 0.05) is 26.2 Å². The van der Waals surface area contributed by atoms with Gasteiger partial charge in [0.25, 0.3) is 0 Å². The van der Waals surface area contributed by atoms with Crippen LogP contribution in [0.3, 0.4) is 0 Å². The third-order valence-electron chi connectivity index (χ3n) is 13.4. The number of hydrogen-bond acceptors (Lipinski definition) is 14. The summed E-state index contributed by atoms with van der Waals surface area (Å²) >= 11 is 7.29. The number of nitrogens with one attached hydrogen (secondary N) is 1. The molecule has 7 atom stereocenters. The molecule has 2 aliphatic heterocycles. The van der Waals surface area contributed by atoms with E-state index in [-0.39, 0.29) is 48.2 Å². The normalized spacial score (nSPS) is 24.9. The number of carbonyl (C=O) groups is 2. The highest BCUT2D eigenvalue weighted by Crippen LogP contribution is 2.48. The molecule has 0 aromatic heterocycles. The first kappa shape index (κ1) is 56.8. The number of halogens is 1. The van der Waals surface area contributed by atoms with Gasteiger partial charge < -0.3 is 61.9 Å². The van der Waals surface area contributed by atoms with Gasteiger partial charge in [0.2, 0.25) is 0 Å². The number of esters is 1. The number of aliphatic hydroxyl groups is 1. The molecule has 0 saturated heterocycles. The molecule has 2 aromatic carbocycles. The molecule has 15 nitrogen and oxygen atoms in total. The Kier molecular flexibility index (Phi) is 19.2. The molecule has 4 aliphatic rings. The third-order valence-corrected chi connectivity index (χ3v) is 22.8. The Morgan fingerprint density at radius 1 is 0.957 bits per heavy atom. The van der Waals surface area contributed by atoms with Crippen LogP contribution in [0.1, 0.15) is 92.3 Å². The number of alkyl carbamates (subject to hydrolysis) is 1. The van der Waals surface area contributed by atoms with Crippen molar-refractivity contribution in [2.45, 2.75) is 165 Å². The Morgan fingerprint density at radius 2 is 1.63 bits per heavy atom. The van der Waals surface area contributed by atoms with Gasteiger partial charge in [-0.3, -0.25) is 4.79 Å². The van der Waals surface area contributed by atoms with Gasteiger partial charge in [0.15, 0.2) is 52.7 Å². The summed E-state index contributed by atoms with van der Waals surface area (Å²) in [6.45, 7) is 21.1. The Labute approximate surface area is 422 Å². The quantitative estimate of drug-likeness (QED) is 0.0627. The van der Waals surface area contributed by atoms with Crippen molar-refractivity contribution in [1.29, 1.82) is 0 Å². The standard InChI is InChI=1S/C52H74ClNO14Si2/c1-15-70(16-2,17-3)68-52-30-39(63-33-58-10)28-37(52)24-25-51(57)43(67-69(13,14)50(7,8)9)22-23-44(52)65-47-40(53)26-36(27-42(47)64-34-59-11)41(54-48(56)66-49(4,5)6)29-46(55)62-32-45(51)61-31-35-18-20-38(60-12)21-19-35/h18-21,26-28,39,41,43-45,57H,15-17,29-34H2,1-14H3,(H,54,56)/t39-,41+,43?,44-,45+,51-,52-/m1/s1. The van der Waals surface area contributed by atoms with E-state index in [9.17, 15) is 14.7 Å². The SMILES string of the molecule is CC[Si](CC)(CC)O[C@]12C[C@H](OCOC)C=C1C#C[C@@]1(O)C(O[Si](C)(C)C(C)(C)C)C#C[C@H]2Oc2c(Cl)cc(cc2OCOC)[C@@H](NC(=O)OC(C)(C)C)CC(=O)OC[C@@H]1OCc1ccc(OC)cc1. The van der Waals surface area contributed by atoms with Crippen molar-refractivity contribution in [2.24, 2.45) is 0 Å². The highest BCUT2D eigenvalue weighted by atomic mass is 35.5. The fourth-order valence-electron chi connectivity index (χ4n) is 8.10. The lowest BCUT2D eigenvalue weighted by Crippen LogP contribution is -2.58. The van der Waals surface area contributed by atoms with Crippen LogP contribution >= 0.6 is 11.6 Å². The zero-order chi connectivity index (χ0) is 51.7. The van der Waals surface area contributed by atoms with Crippen LogP contribution in [-0.2, 0) is 48.7 Å². The Hall–Kier alpha value is -4.12. The van der Waals surface area contributed by atoms with E-state index in [0.29, 0.717) is 16.9 Å². The van der Waals surface area contributed by atoms with Crippen molar-refractivity contribution in [3.63, 3.8) is 0 Å². The minimum Gasteiger partial charge on any atom is -0.497 e. The lowest BCUT2D eigenvalue weighted by molar-refractivity contribution is -0.164. The topological polar surface area (TPSA) is 168 Å². The highest BCUT2D eigenvalue weighted by molar-refractivity contribution is 6.74. The minimum absolute atomic E-state index is 0.0349. The van der Waals surface area contributed by atoms with Gasteiger partial charge in [0.05, 0.1) is 37.3 Å². The molecule has 2 aromatic rings. The van der Waals surface area contributed by atoms with Crippen LogP contribution in [0.4, 0.5) is 4.79 Å². The van der Waals surface area contributed by atoms with Crippen molar-refractivity contribution in [1.82, 2.24) is 5.32 Å². The number of amides is 1. The van der Waals surface area contributed by atoms with E-state index < -0.39 is 89.0 Å². The number of hydrogen-bond donors (Lipinski definition) is 2. The molecule has 0 saturated carbocycles. The van der Waals surface area contributed by atoms with Crippen molar-refractivity contribution >= 4 is 40.3 Å². The van der Waals surface area contributed by atoms with Crippen LogP contribution in [0.2, 0.25) is 41.3 Å². The number of ether oxygens (including phenoxy) is 9. The molecular formula is C52H74ClNO14Si2. The fourth-order valence-corrected chi connectivity index (χ4v) is 12.6. The van der Waals surface area contributed by atoms with Crippen molar-refractivity contribution < 1.29 is 66.2 Å². The molecule has 2 N–H and O–H groups in total. The smallest absolute Gasteiger partial charge is 0.408 e. The Bertz CT molecular complexity index is 2280. The van der Waals surface area contributed by atoms with E-state index in [0.717, 1.165) is 23.7 Å². The molecule has 2 heterocycles. The van der Waals surface area contributed by atoms with E-state index >= 15 is 0 Å². The van der Waals surface area contributed by atoms with Gasteiger partial charge in [-0.05, 0) is 98.5 Å². The molecule has 0 radical (unpaired) electrons. The first-order chi connectivity index (χ1) is 32.9. The van der Waals surface area contributed by atoms with Gasteiger partial charge in [-0.15, -0.1) is 0 Å². The number of benzene rings is 2. The Balaban J connectivity index is 1.89.